The predicted molar refractivity (Wildman–Crippen MR) is 74.8 cm³/mol. The molecule has 6 heteroatoms. The fourth-order valence-corrected chi connectivity index (χ4v) is 2.10. The SMILES string of the molecule is CC(C)(NC(=O)C1COc2ccccc2C1)C(N)=NO. The molecule has 0 spiro atoms. The average Bonchev–Trinajstić information content (AvgIpc) is 2.45. The van der Waals surface area contributed by atoms with Gasteiger partial charge in [0.2, 0.25) is 5.91 Å². The minimum Gasteiger partial charge on any atom is -0.492 e. The van der Waals surface area contributed by atoms with Gasteiger partial charge < -0.3 is 21.0 Å². The van der Waals surface area contributed by atoms with E-state index in [0.29, 0.717) is 13.0 Å². The van der Waals surface area contributed by atoms with Crippen molar-refractivity contribution in [2.75, 3.05) is 6.61 Å². The van der Waals surface area contributed by atoms with E-state index in [-0.39, 0.29) is 17.7 Å². The first-order chi connectivity index (χ1) is 9.44. The molecule has 1 aliphatic heterocycles. The number of carbonyl (C=O) groups is 1. The lowest BCUT2D eigenvalue weighted by molar-refractivity contribution is -0.127. The van der Waals surface area contributed by atoms with E-state index in [9.17, 15) is 4.79 Å². The number of benzene rings is 1. The highest BCUT2D eigenvalue weighted by Gasteiger charge is 2.32. The van der Waals surface area contributed by atoms with Gasteiger partial charge in [-0.3, -0.25) is 4.79 Å². The Kier molecular flexibility index (Phi) is 3.83. The third kappa shape index (κ3) is 2.84. The number of oxime groups is 1. The summed E-state index contributed by atoms with van der Waals surface area (Å²) in [6.45, 7) is 3.68. The third-order valence-corrected chi connectivity index (χ3v) is 3.43. The lowest BCUT2D eigenvalue weighted by atomic mass is 9.94. The zero-order chi connectivity index (χ0) is 14.8. The molecular weight excluding hydrogens is 258 g/mol. The van der Waals surface area contributed by atoms with Crippen molar-refractivity contribution >= 4 is 11.7 Å². The van der Waals surface area contributed by atoms with Crippen LogP contribution in [0.5, 0.6) is 5.75 Å². The average molecular weight is 277 g/mol. The van der Waals surface area contributed by atoms with Crippen molar-refractivity contribution in [3.05, 3.63) is 29.8 Å². The number of amides is 1. The first-order valence-corrected chi connectivity index (χ1v) is 6.45. The second kappa shape index (κ2) is 5.40. The highest BCUT2D eigenvalue weighted by Crippen LogP contribution is 2.27. The molecule has 0 saturated carbocycles. The maximum absolute atomic E-state index is 12.3. The largest absolute Gasteiger partial charge is 0.492 e. The first-order valence-electron chi connectivity index (χ1n) is 6.45. The van der Waals surface area contributed by atoms with Crippen molar-refractivity contribution in [2.24, 2.45) is 16.8 Å². The molecule has 1 aliphatic rings. The summed E-state index contributed by atoms with van der Waals surface area (Å²) in [6, 6.07) is 7.66. The normalized spacial score (nSPS) is 18.9. The molecule has 0 saturated heterocycles. The van der Waals surface area contributed by atoms with E-state index in [2.05, 4.69) is 10.5 Å². The quantitative estimate of drug-likeness (QED) is 0.331. The predicted octanol–water partition coefficient (Wildman–Crippen LogP) is 0.879. The second-order valence-corrected chi connectivity index (χ2v) is 5.42. The van der Waals surface area contributed by atoms with Crippen LogP contribution in [0.2, 0.25) is 0 Å². The van der Waals surface area contributed by atoms with Crippen LogP contribution in [0.3, 0.4) is 0 Å². The van der Waals surface area contributed by atoms with Crippen molar-refractivity contribution in [1.29, 1.82) is 0 Å². The molecule has 6 nitrogen and oxygen atoms in total. The Morgan fingerprint density at radius 1 is 1.50 bits per heavy atom. The number of ether oxygens (including phenoxy) is 1. The molecule has 0 radical (unpaired) electrons. The highest BCUT2D eigenvalue weighted by atomic mass is 16.5. The van der Waals surface area contributed by atoms with Crippen LogP contribution in [0.15, 0.2) is 29.4 Å². The van der Waals surface area contributed by atoms with Crippen molar-refractivity contribution in [3.63, 3.8) is 0 Å². The van der Waals surface area contributed by atoms with E-state index in [1.54, 1.807) is 13.8 Å². The Hall–Kier alpha value is -2.24. The van der Waals surface area contributed by atoms with Crippen LogP contribution in [0.25, 0.3) is 0 Å². The van der Waals surface area contributed by atoms with Crippen LogP contribution >= 0.6 is 0 Å². The van der Waals surface area contributed by atoms with Gasteiger partial charge in [0.25, 0.3) is 0 Å². The number of para-hydroxylation sites is 1. The summed E-state index contributed by atoms with van der Waals surface area (Å²) in [5, 5.41) is 14.4. The number of amidine groups is 1. The fourth-order valence-electron chi connectivity index (χ4n) is 2.10. The second-order valence-electron chi connectivity index (χ2n) is 5.42. The molecule has 1 unspecified atom stereocenters. The van der Waals surface area contributed by atoms with Gasteiger partial charge in [0.15, 0.2) is 5.84 Å². The van der Waals surface area contributed by atoms with Gasteiger partial charge >= 0.3 is 0 Å². The zero-order valence-corrected chi connectivity index (χ0v) is 11.6. The molecule has 1 aromatic carbocycles. The molecule has 108 valence electrons. The molecule has 4 N–H and O–H groups in total. The highest BCUT2D eigenvalue weighted by molar-refractivity contribution is 5.93. The fraction of sp³-hybridized carbons (Fsp3) is 0.429. The van der Waals surface area contributed by atoms with E-state index in [4.69, 9.17) is 15.7 Å². The summed E-state index contributed by atoms with van der Waals surface area (Å²) < 4.78 is 5.59. The van der Waals surface area contributed by atoms with E-state index in [1.807, 2.05) is 24.3 Å². The van der Waals surface area contributed by atoms with Crippen LogP contribution in [-0.2, 0) is 11.2 Å². The molecule has 0 bridgehead atoms. The van der Waals surface area contributed by atoms with E-state index >= 15 is 0 Å². The van der Waals surface area contributed by atoms with Gasteiger partial charge in [-0.25, -0.2) is 0 Å². The van der Waals surface area contributed by atoms with Crippen LogP contribution in [0.1, 0.15) is 19.4 Å². The Morgan fingerprint density at radius 3 is 2.90 bits per heavy atom. The Bertz CT molecular complexity index is 540. The Balaban J connectivity index is 2.05. The lowest BCUT2D eigenvalue weighted by Gasteiger charge is -2.29. The van der Waals surface area contributed by atoms with Crippen molar-refractivity contribution in [2.45, 2.75) is 25.8 Å². The Morgan fingerprint density at radius 2 is 2.20 bits per heavy atom. The minimum atomic E-state index is -0.900. The number of hydrogen-bond donors (Lipinski definition) is 3. The molecule has 1 heterocycles. The van der Waals surface area contributed by atoms with E-state index < -0.39 is 5.54 Å². The topological polar surface area (TPSA) is 96.9 Å². The zero-order valence-electron chi connectivity index (χ0n) is 11.6. The molecule has 0 fully saturated rings. The summed E-state index contributed by atoms with van der Waals surface area (Å²) in [5.74, 6) is 0.335. The van der Waals surface area contributed by atoms with Gasteiger partial charge in [-0.05, 0) is 31.9 Å². The van der Waals surface area contributed by atoms with E-state index in [0.717, 1.165) is 11.3 Å². The monoisotopic (exact) mass is 277 g/mol. The summed E-state index contributed by atoms with van der Waals surface area (Å²) >= 11 is 0. The van der Waals surface area contributed by atoms with Gasteiger partial charge in [0, 0.05) is 0 Å². The smallest absolute Gasteiger partial charge is 0.227 e. The minimum absolute atomic E-state index is 0.0389. The summed E-state index contributed by atoms with van der Waals surface area (Å²) in [6.07, 6.45) is 0.619. The number of rotatable bonds is 3. The third-order valence-electron chi connectivity index (χ3n) is 3.43. The van der Waals surface area contributed by atoms with Crippen LogP contribution < -0.4 is 15.8 Å². The molecule has 0 aliphatic carbocycles. The molecule has 1 aromatic rings. The molecule has 0 aromatic heterocycles. The number of fused-ring (bicyclic) bond motifs is 1. The number of hydrogen-bond acceptors (Lipinski definition) is 4. The van der Waals surface area contributed by atoms with Crippen molar-refractivity contribution in [3.8, 4) is 5.75 Å². The molecular formula is C14H19N3O3. The van der Waals surface area contributed by atoms with Gasteiger partial charge in [0.1, 0.15) is 12.4 Å². The van der Waals surface area contributed by atoms with Gasteiger partial charge in [0.05, 0.1) is 11.5 Å². The van der Waals surface area contributed by atoms with Crippen LogP contribution in [0.4, 0.5) is 0 Å². The number of carbonyl (C=O) groups excluding carboxylic acids is 1. The molecule has 1 atom stereocenters. The summed E-state index contributed by atoms with van der Waals surface area (Å²) in [5.41, 5.74) is 5.67. The van der Waals surface area contributed by atoms with Crippen molar-refractivity contribution < 1.29 is 14.7 Å². The van der Waals surface area contributed by atoms with E-state index in [1.165, 1.54) is 0 Å². The number of nitrogens with two attached hydrogens (primary N) is 1. The maximum atomic E-state index is 12.3. The van der Waals surface area contributed by atoms with Gasteiger partial charge in [-0.15, -0.1) is 0 Å². The maximum Gasteiger partial charge on any atom is 0.227 e. The van der Waals surface area contributed by atoms with Crippen LogP contribution in [0, 0.1) is 5.92 Å². The Labute approximate surface area is 117 Å². The first kappa shape index (κ1) is 14.2. The number of nitrogens with one attached hydrogen (secondary N) is 1. The molecule has 20 heavy (non-hydrogen) atoms. The van der Waals surface area contributed by atoms with Gasteiger partial charge in [-0.1, -0.05) is 23.4 Å². The summed E-state index contributed by atoms with van der Waals surface area (Å²) in [7, 11) is 0. The van der Waals surface area contributed by atoms with Gasteiger partial charge in [-0.2, -0.15) is 0 Å². The van der Waals surface area contributed by atoms with Crippen molar-refractivity contribution in [1.82, 2.24) is 5.32 Å². The van der Waals surface area contributed by atoms with Crippen LogP contribution in [-0.4, -0.2) is 29.1 Å². The molecule has 1 amide bonds. The number of nitrogens with zero attached hydrogens (tertiary/aromatic N) is 1. The summed E-state index contributed by atoms with van der Waals surface area (Å²) in [4.78, 5) is 12.3. The lowest BCUT2D eigenvalue weighted by Crippen LogP contribution is -2.55. The molecule has 2 rings (SSSR count). The standard InChI is InChI=1S/C14H19N3O3/c1-14(2,13(15)17-19)16-12(18)10-7-9-5-3-4-6-11(9)20-8-10/h3-6,10,19H,7-8H2,1-2H3,(H2,15,17)(H,16,18).